The minimum atomic E-state index is -1.91. The van der Waals surface area contributed by atoms with Crippen LogP contribution in [0.1, 0.15) is 31.9 Å². The van der Waals surface area contributed by atoms with Crippen LogP contribution in [0.3, 0.4) is 0 Å². The number of fused-ring (bicyclic) bond motifs is 1. The second-order valence-electron chi connectivity index (χ2n) is 8.90. The number of nitrogens with two attached hydrogens (primary N) is 1. The van der Waals surface area contributed by atoms with E-state index in [0.717, 1.165) is 16.5 Å². The maximum Gasteiger partial charge on any atom is 0.192 e. The summed E-state index contributed by atoms with van der Waals surface area (Å²) in [6.07, 6.45) is 4.94. The lowest BCUT2D eigenvalue weighted by molar-refractivity contribution is 0.275. The second-order valence-corrected chi connectivity index (χ2v) is 14.1. The first-order valence-corrected chi connectivity index (χ1v) is 12.8. The van der Waals surface area contributed by atoms with Crippen molar-refractivity contribution in [2.45, 2.75) is 52.4 Å². The molecule has 0 spiro atoms. The van der Waals surface area contributed by atoms with Crippen molar-refractivity contribution >= 4 is 36.5 Å². The molecule has 0 radical (unpaired) electrons. The van der Waals surface area contributed by atoms with E-state index in [-0.39, 0.29) is 10.1 Å². The Bertz CT molecular complexity index is 1080. The molecule has 2 aromatic heterocycles. The Hall–Kier alpha value is -2.02. The van der Waals surface area contributed by atoms with Crippen molar-refractivity contribution in [3.8, 4) is 11.1 Å². The molecule has 0 atom stereocenters. The molecule has 7 heteroatoms. The summed E-state index contributed by atoms with van der Waals surface area (Å²) >= 11 is 6.30. The van der Waals surface area contributed by atoms with Crippen LogP contribution < -0.4 is 5.73 Å². The van der Waals surface area contributed by atoms with E-state index in [9.17, 15) is 0 Å². The predicted octanol–water partition coefficient (Wildman–Crippen LogP) is 6.50. The fraction of sp³-hybridized carbons (Fsp3) is 0.364. The van der Waals surface area contributed by atoms with E-state index in [4.69, 9.17) is 21.8 Å². The van der Waals surface area contributed by atoms with Gasteiger partial charge in [-0.2, -0.15) is 0 Å². The van der Waals surface area contributed by atoms with E-state index in [1.807, 2.05) is 6.92 Å². The molecule has 0 fully saturated rings. The molecule has 0 amide bonds. The third-order valence-corrected chi connectivity index (χ3v) is 10.8. The molecule has 0 aliphatic carbocycles. The molecule has 2 N–H and O–H groups in total. The molecule has 2 heterocycles. The van der Waals surface area contributed by atoms with E-state index >= 15 is 4.39 Å². The topological polar surface area (TPSA) is 61.0 Å². The van der Waals surface area contributed by atoms with Gasteiger partial charge in [0.2, 0.25) is 0 Å². The fourth-order valence-electron chi connectivity index (χ4n) is 2.90. The first kappa shape index (κ1) is 21.7. The summed E-state index contributed by atoms with van der Waals surface area (Å²) in [4.78, 5) is 8.35. The highest BCUT2D eigenvalue weighted by atomic mass is 35.5. The van der Waals surface area contributed by atoms with Gasteiger partial charge in [0.25, 0.3) is 0 Å². The zero-order valence-corrected chi connectivity index (χ0v) is 19.5. The summed E-state index contributed by atoms with van der Waals surface area (Å²) in [5.41, 5.74) is 8.75. The van der Waals surface area contributed by atoms with Gasteiger partial charge in [-0.1, -0.05) is 32.4 Å². The molecule has 0 saturated carbocycles. The molecule has 3 rings (SSSR count). The van der Waals surface area contributed by atoms with Crippen molar-refractivity contribution in [2.24, 2.45) is 0 Å². The number of nitrogen functional groups attached to an aromatic ring is 1. The van der Waals surface area contributed by atoms with Crippen LogP contribution in [0.4, 0.5) is 10.2 Å². The summed E-state index contributed by atoms with van der Waals surface area (Å²) in [7, 11) is -1.91. The number of hydrogen-bond acceptors (Lipinski definition) is 4. The van der Waals surface area contributed by atoms with Crippen molar-refractivity contribution in [2.75, 3.05) is 5.73 Å². The van der Waals surface area contributed by atoms with Gasteiger partial charge in [-0.15, -0.1) is 0 Å². The monoisotopic (exact) mass is 431 g/mol. The van der Waals surface area contributed by atoms with Gasteiger partial charge < -0.3 is 10.2 Å². The fourth-order valence-corrected chi connectivity index (χ4v) is 4.11. The van der Waals surface area contributed by atoms with Crippen LogP contribution in [-0.2, 0) is 11.0 Å². The largest absolute Gasteiger partial charge is 0.412 e. The van der Waals surface area contributed by atoms with Crippen molar-refractivity contribution < 1.29 is 8.82 Å². The number of rotatable bonds is 4. The van der Waals surface area contributed by atoms with Gasteiger partial charge in [-0.3, -0.25) is 4.98 Å². The van der Waals surface area contributed by atoms with Crippen molar-refractivity contribution in [3.63, 3.8) is 0 Å². The summed E-state index contributed by atoms with van der Waals surface area (Å²) in [5.74, 6) is -0.129. The summed E-state index contributed by atoms with van der Waals surface area (Å²) in [6.45, 7) is 13.4. The smallest absolute Gasteiger partial charge is 0.192 e. The summed E-state index contributed by atoms with van der Waals surface area (Å²) in [5, 5.41) is 1.41. The molecule has 0 aliphatic rings. The molecule has 0 bridgehead atoms. The average Bonchev–Trinajstić information content (AvgIpc) is 2.63. The molecule has 1 aromatic carbocycles. The lowest BCUT2D eigenvalue weighted by Gasteiger charge is -2.36. The molecular weight excluding hydrogens is 405 g/mol. The van der Waals surface area contributed by atoms with Crippen molar-refractivity contribution in [1.82, 2.24) is 9.97 Å². The van der Waals surface area contributed by atoms with Gasteiger partial charge in [-0.05, 0) is 53.7 Å². The third kappa shape index (κ3) is 4.15. The number of anilines is 1. The van der Waals surface area contributed by atoms with Crippen LogP contribution in [0.5, 0.6) is 0 Å². The quantitative estimate of drug-likeness (QED) is 0.479. The van der Waals surface area contributed by atoms with E-state index in [1.54, 1.807) is 24.5 Å². The van der Waals surface area contributed by atoms with Gasteiger partial charge in [-0.25, -0.2) is 9.37 Å². The van der Waals surface area contributed by atoms with E-state index < -0.39 is 14.1 Å². The van der Waals surface area contributed by atoms with Crippen LogP contribution in [0.2, 0.25) is 23.2 Å². The molecule has 0 saturated heterocycles. The second kappa shape index (κ2) is 7.67. The number of aromatic nitrogens is 2. The number of hydrogen-bond donors (Lipinski definition) is 1. The normalized spacial score (nSPS) is 12.6. The van der Waals surface area contributed by atoms with Crippen LogP contribution >= 0.6 is 11.6 Å². The van der Waals surface area contributed by atoms with Crippen LogP contribution in [-0.4, -0.2) is 18.3 Å². The Morgan fingerprint density at radius 2 is 1.83 bits per heavy atom. The zero-order chi connectivity index (χ0) is 21.6. The molecule has 154 valence electrons. The molecule has 0 unspecified atom stereocenters. The zero-order valence-electron chi connectivity index (χ0n) is 17.7. The Morgan fingerprint density at radius 1 is 1.14 bits per heavy atom. The SMILES string of the molecule is Cc1c(CO[Si](C)(C)C(C)(C)C)cncc1-c1cc2cc(N)ncc2c(Cl)c1F. The Kier molecular flexibility index (Phi) is 5.73. The molecular formula is C22H27ClFN3OSi. The Balaban J connectivity index is 2.05. The molecule has 3 aromatic rings. The lowest BCUT2D eigenvalue weighted by Crippen LogP contribution is -2.40. The van der Waals surface area contributed by atoms with Crippen molar-refractivity contribution in [3.05, 3.63) is 52.7 Å². The highest BCUT2D eigenvalue weighted by Crippen LogP contribution is 2.39. The van der Waals surface area contributed by atoms with Gasteiger partial charge in [0.1, 0.15) is 11.6 Å². The van der Waals surface area contributed by atoms with Gasteiger partial charge >= 0.3 is 0 Å². The number of benzene rings is 1. The standard InChI is InChI=1S/C22H27ClFN3OSi/c1-13-15(12-28-29(5,6)22(2,3)4)9-26-10-17(13)16-7-14-8-19(25)27-11-18(14)20(23)21(16)24/h7-11H,12H2,1-6H3,(H2,25,27). The minimum absolute atomic E-state index is 0.0346. The molecule has 4 nitrogen and oxygen atoms in total. The maximum absolute atomic E-state index is 15.1. The molecule has 0 aliphatic heterocycles. The average molecular weight is 432 g/mol. The number of halogens is 2. The Morgan fingerprint density at radius 3 is 2.48 bits per heavy atom. The first-order valence-electron chi connectivity index (χ1n) is 9.53. The highest BCUT2D eigenvalue weighted by molar-refractivity contribution is 6.74. The summed E-state index contributed by atoms with van der Waals surface area (Å²) < 4.78 is 21.5. The maximum atomic E-state index is 15.1. The van der Waals surface area contributed by atoms with Crippen LogP contribution in [0.25, 0.3) is 21.9 Å². The van der Waals surface area contributed by atoms with Gasteiger partial charge in [0.15, 0.2) is 8.32 Å². The first-order chi connectivity index (χ1) is 13.4. The van der Waals surface area contributed by atoms with Crippen LogP contribution in [0, 0.1) is 12.7 Å². The van der Waals surface area contributed by atoms with Crippen molar-refractivity contribution in [1.29, 1.82) is 0 Å². The third-order valence-electron chi connectivity index (χ3n) is 5.93. The number of pyridine rings is 2. The predicted molar refractivity (Wildman–Crippen MR) is 121 cm³/mol. The van der Waals surface area contributed by atoms with Gasteiger partial charge in [0.05, 0.1) is 11.6 Å². The highest BCUT2D eigenvalue weighted by Gasteiger charge is 2.37. The van der Waals surface area contributed by atoms with Crippen LogP contribution in [0.15, 0.2) is 30.7 Å². The molecule has 29 heavy (non-hydrogen) atoms. The lowest BCUT2D eigenvalue weighted by atomic mass is 9.97. The minimum Gasteiger partial charge on any atom is -0.412 e. The summed E-state index contributed by atoms with van der Waals surface area (Å²) in [6, 6.07) is 3.44. The number of nitrogens with zero attached hydrogens (tertiary/aromatic N) is 2. The van der Waals surface area contributed by atoms with E-state index in [1.165, 1.54) is 6.20 Å². The Labute approximate surface area is 177 Å². The van der Waals surface area contributed by atoms with E-state index in [2.05, 4.69) is 43.8 Å². The van der Waals surface area contributed by atoms with Gasteiger partial charge in [0, 0.05) is 35.1 Å². The van der Waals surface area contributed by atoms with E-state index in [0.29, 0.717) is 28.9 Å².